The van der Waals surface area contributed by atoms with Crippen molar-refractivity contribution in [3.63, 3.8) is 0 Å². The normalized spacial score (nSPS) is 17.5. The molecule has 0 saturated carbocycles. The first kappa shape index (κ1) is 24.2. The number of fused-ring (bicyclic) bond motifs is 1. The summed E-state index contributed by atoms with van der Waals surface area (Å²) < 4.78 is 76.8. The zero-order valence-electron chi connectivity index (χ0n) is 17.3. The van der Waals surface area contributed by atoms with Crippen molar-refractivity contribution in [1.29, 1.82) is 0 Å². The van der Waals surface area contributed by atoms with Crippen molar-refractivity contribution in [2.45, 2.75) is 37.7 Å². The molecular weight excluding hydrogens is 452 g/mol. The quantitative estimate of drug-likeness (QED) is 0.526. The predicted octanol–water partition coefficient (Wildman–Crippen LogP) is 3.61. The van der Waals surface area contributed by atoms with E-state index in [1.807, 2.05) is 0 Å². The summed E-state index contributed by atoms with van der Waals surface area (Å²) in [4.78, 5) is 23.5. The SMILES string of the molecule is CN=C(/C=C(\N)C(F)(F)F)C(=O)NC1CCc2cnc(-c3ccnc(C(F)(F)F)c3)cc2C1. The van der Waals surface area contributed by atoms with Gasteiger partial charge in [0.05, 0.1) is 5.69 Å². The van der Waals surface area contributed by atoms with Crippen LogP contribution in [0.25, 0.3) is 11.3 Å². The van der Waals surface area contributed by atoms with Crippen LogP contribution in [0, 0.1) is 0 Å². The highest BCUT2D eigenvalue weighted by molar-refractivity contribution is 6.43. The Hall–Kier alpha value is -3.44. The molecule has 0 fully saturated rings. The first-order valence-corrected chi connectivity index (χ1v) is 9.72. The van der Waals surface area contributed by atoms with Gasteiger partial charge >= 0.3 is 12.4 Å². The van der Waals surface area contributed by atoms with Gasteiger partial charge in [-0.3, -0.25) is 19.8 Å². The van der Waals surface area contributed by atoms with Crippen LogP contribution in [-0.4, -0.2) is 40.9 Å². The van der Waals surface area contributed by atoms with E-state index in [1.165, 1.54) is 13.1 Å². The Morgan fingerprint density at radius 2 is 1.91 bits per heavy atom. The van der Waals surface area contributed by atoms with Gasteiger partial charge in [-0.05, 0) is 54.7 Å². The zero-order valence-corrected chi connectivity index (χ0v) is 17.3. The van der Waals surface area contributed by atoms with Gasteiger partial charge in [-0.25, -0.2) is 0 Å². The predicted molar refractivity (Wildman–Crippen MR) is 108 cm³/mol. The van der Waals surface area contributed by atoms with Gasteiger partial charge in [-0.15, -0.1) is 0 Å². The minimum Gasteiger partial charge on any atom is -0.395 e. The molecule has 1 atom stereocenters. The Labute approximate surface area is 184 Å². The number of allylic oxidation sites excluding steroid dienone is 1. The number of aromatic nitrogens is 2. The molecule has 2 aromatic rings. The molecule has 2 heterocycles. The Morgan fingerprint density at radius 1 is 1.18 bits per heavy atom. The van der Waals surface area contributed by atoms with Crippen molar-refractivity contribution in [3.8, 4) is 11.3 Å². The molecule has 1 unspecified atom stereocenters. The molecule has 1 amide bonds. The molecule has 6 nitrogen and oxygen atoms in total. The molecule has 0 saturated heterocycles. The summed E-state index contributed by atoms with van der Waals surface area (Å²) in [5, 5.41) is 2.64. The van der Waals surface area contributed by atoms with E-state index in [2.05, 4.69) is 20.3 Å². The maximum Gasteiger partial charge on any atom is 0.433 e. The summed E-state index contributed by atoms with van der Waals surface area (Å²) in [6.07, 6.45) is -4.95. The summed E-state index contributed by atoms with van der Waals surface area (Å²) in [6.45, 7) is 0. The number of halogens is 6. The van der Waals surface area contributed by atoms with E-state index in [-0.39, 0.29) is 5.56 Å². The fourth-order valence-electron chi connectivity index (χ4n) is 3.38. The van der Waals surface area contributed by atoms with Crippen molar-refractivity contribution in [2.24, 2.45) is 10.7 Å². The second-order valence-electron chi connectivity index (χ2n) is 7.39. The molecule has 176 valence electrons. The van der Waals surface area contributed by atoms with E-state index in [0.29, 0.717) is 31.0 Å². The van der Waals surface area contributed by atoms with Crippen molar-refractivity contribution >= 4 is 11.6 Å². The molecule has 0 aromatic carbocycles. The monoisotopic (exact) mass is 471 g/mol. The number of rotatable bonds is 4. The number of pyridine rings is 2. The number of nitrogens with two attached hydrogens (primary N) is 1. The minimum atomic E-state index is -4.79. The zero-order chi connectivity index (χ0) is 24.4. The minimum absolute atomic E-state index is 0.236. The van der Waals surface area contributed by atoms with Crippen LogP contribution in [0.3, 0.4) is 0 Å². The van der Waals surface area contributed by atoms with Crippen LogP contribution in [0.1, 0.15) is 23.2 Å². The molecule has 3 N–H and O–H groups in total. The lowest BCUT2D eigenvalue weighted by atomic mass is 9.88. The number of alkyl halides is 6. The van der Waals surface area contributed by atoms with E-state index in [0.717, 1.165) is 23.4 Å². The van der Waals surface area contributed by atoms with Crippen LogP contribution in [0.4, 0.5) is 26.3 Å². The Kier molecular flexibility index (Phi) is 6.75. The standard InChI is InChI=1S/C21H19F6N5O/c1-29-16(9-17(28)20(22,23)24)19(33)32-14-3-2-12-10-31-15(7-13(12)6-14)11-4-5-30-18(8-11)21(25,26)27/h4-5,7-10,14H,2-3,6,28H2,1H3,(H,32,33)/b17-9-,29-16?. The van der Waals surface area contributed by atoms with E-state index in [9.17, 15) is 31.1 Å². The summed E-state index contributed by atoms with van der Waals surface area (Å²) in [6, 6.07) is 3.53. The molecule has 0 aliphatic heterocycles. The third kappa shape index (κ3) is 5.88. The molecular formula is C21H19F6N5O. The third-order valence-electron chi connectivity index (χ3n) is 5.09. The molecule has 2 aromatic heterocycles. The van der Waals surface area contributed by atoms with Crippen LogP contribution in [-0.2, 0) is 23.8 Å². The van der Waals surface area contributed by atoms with Gasteiger partial charge in [-0.1, -0.05) is 0 Å². The topological polar surface area (TPSA) is 93.3 Å². The van der Waals surface area contributed by atoms with E-state index >= 15 is 0 Å². The first-order valence-electron chi connectivity index (χ1n) is 9.72. The number of carbonyl (C=O) groups excluding carboxylic acids is 1. The van der Waals surface area contributed by atoms with Crippen molar-refractivity contribution in [3.05, 3.63) is 59.2 Å². The number of carbonyl (C=O) groups is 1. The summed E-state index contributed by atoms with van der Waals surface area (Å²) in [5.41, 5.74) is 4.20. The van der Waals surface area contributed by atoms with Gasteiger partial charge < -0.3 is 11.1 Å². The van der Waals surface area contributed by atoms with Gasteiger partial charge in [0.2, 0.25) is 0 Å². The third-order valence-corrected chi connectivity index (χ3v) is 5.09. The highest BCUT2D eigenvalue weighted by atomic mass is 19.4. The van der Waals surface area contributed by atoms with Gasteiger partial charge in [0.25, 0.3) is 5.91 Å². The van der Waals surface area contributed by atoms with E-state index in [1.54, 1.807) is 12.3 Å². The lowest BCUT2D eigenvalue weighted by molar-refractivity contribution is -0.141. The Bertz CT molecular complexity index is 1110. The van der Waals surface area contributed by atoms with Crippen LogP contribution in [0.15, 0.2) is 47.4 Å². The molecule has 0 radical (unpaired) electrons. The van der Waals surface area contributed by atoms with Crippen molar-refractivity contribution in [1.82, 2.24) is 15.3 Å². The summed E-state index contributed by atoms with van der Waals surface area (Å²) in [5.74, 6) is -0.809. The molecule has 12 heteroatoms. The number of nitrogens with one attached hydrogen (secondary N) is 1. The average molecular weight is 471 g/mol. The maximum absolute atomic E-state index is 13.0. The number of aryl methyl sites for hydroxylation is 1. The fourth-order valence-corrected chi connectivity index (χ4v) is 3.38. The van der Waals surface area contributed by atoms with Gasteiger partial charge in [0, 0.05) is 31.0 Å². The van der Waals surface area contributed by atoms with Crippen LogP contribution < -0.4 is 11.1 Å². The Balaban J connectivity index is 1.77. The molecule has 0 spiro atoms. The molecule has 1 aliphatic rings. The van der Waals surface area contributed by atoms with E-state index < -0.39 is 41.4 Å². The van der Waals surface area contributed by atoms with Gasteiger partial charge in [0.1, 0.15) is 17.1 Å². The largest absolute Gasteiger partial charge is 0.433 e. The summed E-state index contributed by atoms with van der Waals surface area (Å²) >= 11 is 0. The number of hydrogen-bond acceptors (Lipinski definition) is 5. The number of hydrogen-bond donors (Lipinski definition) is 2. The van der Waals surface area contributed by atoms with Crippen molar-refractivity contribution < 1.29 is 31.1 Å². The van der Waals surface area contributed by atoms with Crippen molar-refractivity contribution in [2.75, 3.05) is 7.05 Å². The van der Waals surface area contributed by atoms with Crippen LogP contribution in [0.5, 0.6) is 0 Å². The second kappa shape index (κ2) is 9.20. The highest BCUT2D eigenvalue weighted by Crippen LogP contribution is 2.31. The van der Waals surface area contributed by atoms with Gasteiger partial charge in [-0.2, -0.15) is 26.3 Å². The lowest BCUT2D eigenvalue weighted by Crippen LogP contribution is -2.42. The average Bonchev–Trinajstić information content (AvgIpc) is 2.75. The second-order valence-corrected chi connectivity index (χ2v) is 7.39. The smallest absolute Gasteiger partial charge is 0.395 e. The Morgan fingerprint density at radius 3 is 2.55 bits per heavy atom. The maximum atomic E-state index is 13.0. The molecule has 0 bridgehead atoms. The van der Waals surface area contributed by atoms with Crippen LogP contribution in [0.2, 0.25) is 0 Å². The number of aliphatic imine (C=N–C) groups is 1. The van der Waals surface area contributed by atoms with Gasteiger partial charge in [0.15, 0.2) is 0 Å². The van der Waals surface area contributed by atoms with Crippen LogP contribution >= 0.6 is 0 Å². The summed E-state index contributed by atoms with van der Waals surface area (Å²) in [7, 11) is 1.17. The number of nitrogens with zero attached hydrogens (tertiary/aromatic N) is 3. The molecule has 33 heavy (non-hydrogen) atoms. The highest BCUT2D eigenvalue weighted by Gasteiger charge is 2.33. The molecule has 3 rings (SSSR count). The fraction of sp³-hybridized carbons (Fsp3) is 0.333. The van der Waals surface area contributed by atoms with E-state index in [4.69, 9.17) is 5.73 Å². The lowest BCUT2D eigenvalue weighted by Gasteiger charge is -2.26. The molecule has 1 aliphatic carbocycles. The first-order chi connectivity index (χ1) is 15.4. The number of amides is 1.